The van der Waals surface area contributed by atoms with E-state index in [4.69, 9.17) is 14.9 Å². The fourth-order valence-electron chi connectivity index (χ4n) is 3.21. The van der Waals surface area contributed by atoms with E-state index in [9.17, 15) is 4.79 Å². The summed E-state index contributed by atoms with van der Waals surface area (Å²) < 4.78 is 15.7. The molecule has 0 aliphatic carbocycles. The van der Waals surface area contributed by atoms with Crippen molar-refractivity contribution in [3.8, 4) is 0 Å². The molecule has 0 saturated carbocycles. The Hall–Kier alpha value is -0.236. The molecule has 2 rings (SSSR count). The molecule has 172 valence electrons. The second-order valence-electron chi connectivity index (χ2n) is 11.8. The average molecular weight is 566 g/mol. The summed E-state index contributed by atoms with van der Waals surface area (Å²) in [4.78, 5) is 16.5. The molecule has 1 aliphatic heterocycles. The number of aromatic nitrogens is 2. The molecule has 0 bridgehead atoms. The lowest BCUT2D eigenvalue weighted by Gasteiger charge is -2.42. The van der Waals surface area contributed by atoms with Gasteiger partial charge in [-0.25, -0.2) is 4.79 Å². The van der Waals surface area contributed by atoms with E-state index < -0.39 is 16.4 Å². The van der Waals surface area contributed by atoms with Crippen molar-refractivity contribution in [1.29, 1.82) is 0 Å². The summed E-state index contributed by atoms with van der Waals surface area (Å²) in [5, 5.41) is 0.368. The van der Waals surface area contributed by atoms with Gasteiger partial charge in [-0.1, -0.05) is 54.6 Å². The van der Waals surface area contributed by atoms with Crippen molar-refractivity contribution in [2.24, 2.45) is 0 Å². The maximum absolute atomic E-state index is 12.5. The quantitative estimate of drug-likeness (QED) is 0.371. The summed E-state index contributed by atoms with van der Waals surface area (Å²) in [5.74, 6) is 0.266. The van der Waals surface area contributed by atoms with Crippen molar-refractivity contribution < 1.29 is 9.16 Å². The van der Waals surface area contributed by atoms with Gasteiger partial charge in [0.15, 0.2) is 8.32 Å². The van der Waals surface area contributed by atoms with E-state index in [1.807, 2.05) is 0 Å². The molecule has 0 unspecified atom stereocenters. The summed E-state index contributed by atoms with van der Waals surface area (Å²) in [7, 11) is -3.60. The van der Waals surface area contributed by atoms with Gasteiger partial charge in [0.2, 0.25) is 0 Å². The van der Waals surface area contributed by atoms with Crippen LogP contribution in [0.15, 0.2) is 11.0 Å². The van der Waals surface area contributed by atoms with Crippen LogP contribution in [-0.2, 0) is 9.16 Å². The molecule has 1 aromatic rings. The normalized spacial score (nSPS) is 23.8. The van der Waals surface area contributed by atoms with Crippen LogP contribution in [0.1, 0.15) is 54.2 Å². The van der Waals surface area contributed by atoms with E-state index in [1.165, 1.54) is 0 Å². The Bertz CT molecular complexity index is 792. The fourth-order valence-corrected chi connectivity index (χ4v) is 6.96. The molecule has 6 nitrogen and oxygen atoms in total. The van der Waals surface area contributed by atoms with Gasteiger partial charge in [0.1, 0.15) is 12.0 Å². The van der Waals surface area contributed by atoms with Crippen LogP contribution in [0.4, 0.5) is 5.82 Å². The molecule has 2 heterocycles. The van der Waals surface area contributed by atoms with Crippen LogP contribution < -0.4 is 11.4 Å². The van der Waals surface area contributed by atoms with Crippen molar-refractivity contribution >= 4 is 44.8 Å². The van der Waals surface area contributed by atoms with Gasteiger partial charge in [-0.3, -0.25) is 4.57 Å². The molecule has 0 amide bonds. The molecule has 3 atom stereocenters. The molecule has 1 saturated heterocycles. The highest BCUT2D eigenvalue weighted by atomic mass is 127. The number of halogens is 1. The molecular formula is C21H40IN3O3Si2. The molecule has 1 fully saturated rings. The zero-order chi connectivity index (χ0) is 23.3. The molecule has 2 N–H and O–H groups in total. The first kappa shape index (κ1) is 26.0. The van der Waals surface area contributed by atoms with Gasteiger partial charge in [0.05, 0.1) is 23.9 Å². The lowest BCUT2D eigenvalue weighted by Crippen LogP contribution is -2.48. The van der Waals surface area contributed by atoms with Gasteiger partial charge < -0.3 is 14.9 Å². The van der Waals surface area contributed by atoms with Gasteiger partial charge in [-0.2, -0.15) is 4.98 Å². The SMILES string of the molecule is CC(C)(C)[Si](C)(C)C[C@H]1O[C@@H](n2cc(I)c(N)nc2=O)C[C@H]1O[Si](C)(C)C(C)(C)C. The topological polar surface area (TPSA) is 79.4 Å². The molecule has 1 aromatic heterocycles. The Balaban J connectivity index is 2.39. The van der Waals surface area contributed by atoms with Crippen LogP contribution in [0.3, 0.4) is 0 Å². The summed E-state index contributed by atoms with van der Waals surface area (Å²) in [5.41, 5.74) is 5.45. The van der Waals surface area contributed by atoms with Crippen LogP contribution in [0, 0.1) is 3.57 Å². The van der Waals surface area contributed by atoms with E-state index in [-0.39, 0.29) is 40.0 Å². The van der Waals surface area contributed by atoms with Crippen LogP contribution >= 0.6 is 22.6 Å². The van der Waals surface area contributed by atoms with Crippen molar-refractivity contribution in [2.45, 2.75) is 109 Å². The molecule has 0 radical (unpaired) electrons. The van der Waals surface area contributed by atoms with Crippen molar-refractivity contribution in [1.82, 2.24) is 9.55 Å². The number of rotatable bonds is 5. The predicted molar refractivity (Wildman–Crippen MR) is 138 cm³/mol. The van der Waals surface area contributed by atoms with Gasteiger partial charge in [-0.15, -0.1) is 0 Å². The molecule has 9 heteroatoms. The largest absolute Gasteiger partial charge is 0.411 e. The average Bonchev–Trinajstić information content (AvgIpc) is 2.89. The summed E-state index contributed by atoms with van der Waals surface area (Å²) in [6.07, 6.45) is 2.00. The number of hydrogen-bond acceptors (Lipinski definition) is 5. The van der Waals surface area contributed by atoms with Gasteiger partial charge in [-0.05, 0) is 51.8 Å². The first-order valence-electron chi connectivity index (χ1n) is 10.7. The first-order chi connectivity index (χ1) is 13.4. The first-order valence-corrected chi connectivity index (χ1v) is 17.9. The van der Waals surface area contributed by atoms with Crippen LogP contribution in [0.25, 0.3) is 0 Å². The maximum atomic E-state index is 12.5. The van der Waals surface area contributed by atoms with E-state index in [1.54, 1.807) is 10.8 Å². The molecule has 30 heavy (non-hydrogen) atoms. The van der Waals surface area contributed by atoms with Crippen molar-refractivity contribution in [3.05, 3.63) is 20.3 Å². The highest BCUT2D eigenvalue weighted by molar-refractivity contribution is 14.1. The zero-order valence-corrected chi connectivity index (χ0v) is 24.5. The molecule has 0 aromatic carbocycles. The fraction of sp³-hybridized carbons (Fsp3) is 0.810. The predicted octanol–water partition coefficient (Wildman–Crippen LogP) is 5.62. The van der Waals surface area contributed by atoms with Crippen molar-refractivity contribution in [3.63, 3.8) is 0 Å². The van der Waals surface area contributed by atoms with Crippen LogP contribution in [-0.4, -0.2) is 38.2 Å². The van der Waals surface area contributed by atoms with Crippen LogP contribution in [0.5, 0.6) is 0 Å². The minimum atomic E-state index is -1.99. The second kappa shape index (κ2) is 8.60. The minimum Gasteiger partial charge on any atom is -0.411 e. The Labute approximate surface area is 197 Å². The van der Waals surface area contributed by atoms with Gasteiger partial charge in [0, 0.05) is 12.6 Å². The van der Waals surface area contributed by atoms with Gasteiger partial charge >= 0.3 is 5.69 Å². The van der Waals surface area contributed by atoms with E-state index in [0.717, 1.165) is 9.61 Å². The summed E-state index contributed by atoms with van der Waals surface area (Å²) >= 11 is 2.11. The second-order valence-corrected chi connectivity index (χ2v) is 23.4. The maximum Gasteiger partial charge on any atom is 0.351 e. The third-order valence-electron chi connectivity index (χ3n) is 7.42. The highest BCUT2D eigenvalue weighted by Crippen LogP contribution is 2.46. The molecule has 1 aliphatic rings. The number of nitrogens with zero attached hydrogens (tertiary/aromatic N) is 2. The number of nitrogens with two attached hydrogens (primary N) is 1. The van der Waals surface area contributed by atoms with Gasteiger partial charge in [0.25, 0.3) is 0 Å². The van der Waals surface area contributed by atoms with Crippen LogP contribution in [0.2, 0.25) is 42.3 Å². The highest BCUT2D eigenvalue weighted by Gasteiger charge is 2.48. The minimum absolute atomic E-state index is 0.0212. The Kier molecular flexibility index (Phi) is 7.46. The van der Waals surface area contributed by atoms with Crippen molar-refractivity contribution in [2.75, 3.05) is 5.73 Å². The molecular weight excluding hydrogens is 525 g/mol. The third kappa shape index (κ3) is 5.57. The van der Waals surface area contributed by atoms with E-state index >= 15 is 0 Å². The van der Waals surface area contributed by atoms with E-state index in [0.29, 0.717) is 6.42 Å². The monoisotopic (exact) mass is 565 g/mol. The zero-order valence-electron chi connectivity index (χ0n) is 20.3. The third-order valence-corrected chi connectivity index (χ3v) is 18.2. The lowest BCUT2D eigenvalue weighted by atomic mass is 10.2. The summed E-state index contributed by atoms with van der Waals surface area (Å²) in [6.45, 7) is 23.2. The lowest BCUT2D eigenvalue weighted by molar-refractivity contribution is -0.00920. The smallest absolute Gasteiger partial charge is 0.351 e. The Morgan fingerprint density at radius 2 is 1.77 bits per heavy atom. The standard InChI is InChI=1S/C21H40IN3O3Si2/c1-20(2,3)29(7,8)13-16-15(28-30(9,10)21(4,5)6)11-17(27-16)25-12-14(22)18(23)24-19(25)26/h12,15-17H,11,13H2,1-10H3,(H2,23,24,26)/t15-,16-,17-/m1/s1. The Morgan fingerprint density at radius 3 is 2.27 bits per heavy atom. The number of hydrogen-bond donors (Lipinski definition) is 1. The number of ether oxygens (including phenoxy) is 1. The number of nitrogen functional groups attached to an aromatic ring is 1. The summed E-state index contributed by atoms with van der Waals surface area (Å²) in [6, 6.07) is 1.00. The Morgan fingerprint density at radius 1 is 1.20 bits per heavy atom. The molecule has 0 spiro atoms. The van der Waals surface area contributed by atoms with E-state index in [2.05, 4.69) is 95.3 Å². The number of anilines is 1.